The molecule has 6 rings (SSSR count). The van der Waals surface area contributed by atoms with E-state index < -0.39 is 0 Å². The first-order valence-electron chi connectivity index (χ1n) is 7.09. The van der Waals surface area contributed by atoms with Gasteiger partial charge in [0.15, 0.2) is 0 Å². The van der Waals surface area contributed by atoms with Crippen molar-refractivity contribution in [2.24, 2.45) is 11.8 Å². The van der Waals surface area contributed by atoms with E-state index in [4.69, 9.17) is 0 Å². The zero-order valence-corrected chi connectivity index (χ0v) is 10.1. The molecule has 2 atom stereocenters. The fourth-order valence-corrected chi connectivity index (χ4v) is 4.51. The lowest BCUT2D eigenvalue weighted by atomic mass is 9.74. The predicted octanol–water partition coefficient (Wildman–Crippen LogP) is 0.328. The van der Waals surface area contributed by atoms with Crippen LogP contribution in [0.1, 0.15) is 12.8 Å². The maximum absolute atomic E-state index is 2.80. The van der Waals surface area contributed by atoms with Gasteiger partial charge in [-0.2, -0.15) is 0 Å². The van der Waals surface area contributed by atoms with E-state index in [0.717, 1.165) is 17.9 Å². The summed E-state index contributed by atoms with van der Waals surface area (Å²) in [7, 11) is 0. The van der Waals surface area contributed by atoms with Crippen molar-refractivity contribution in [1.29, 1.82) is 0 Å². The highest BCUT2D eigenvalue weighted by Gasteiger charge is 2.44. The van der Waals surface area contributed by atoms with Crippen molar-refractivity contribution >= 4 is 0 Å². The molecule has 0 aliphatic carbocycles. The van der Waals surface area contributed by atoms with Crippen molar-refractivity contribution in [3.05, 3.63) is 0 Å². The van der Waals surface area contributed by atoms with Crippen molar-refractivity contribution in [2.45, 2.75) is 18.9 Å². The zero-order valence-electron chi connectivity index (χ0n) is 10.1. The molecule has 0 spiro atoms. The number of hydrogen-bond donors (Lipinski definition) is 0. The lowest BCUT2D eigenvalue weighted by Gasteiger charge is -2.55. The molecule has 4 bridgehead atoms. The van der Waals surface area contributed by atoms with Gasteiger partial charge in [0.1, 0.15) is 0 Å². The van der Waals surface area contributed by atoms with Gasteiger partial charge in [-0.15, -0.1) is 0 Å². The van der Waals surface area contributed by atoms with E-state index in [1.54, 1.807) is 0 Å². The Kier molecular flexibility index (Phi) is 2.27. The zero-order chi connectivity index (χ0) is 10.5. The lowest BCUT2D eigenvalue weighted by Crippen LogP contribution is -2.66. The second kappa shape index (κ2) is 3.69. The fourth-order valence-electron chi connectivity index (χ4n) is 4.51. The van der Waals surface area contributed by atoms with Gasteiger partial charge in [-0.1, -0.05) is 0 Å². The molecule has 0 radical (unpaired) electrons. The highest BCUT2D eigenvalue weighted by molar-refractivity contribution is 4.98. The predicted molar refractivity (Wildman–Crippen MR) is 64.5 cm³/mol. The number of rotatable bonds is 1. The highest BCUT2D eigenvalue weighted by Crippen LogP contribution is 2.37. The molecule has 2 unspecified atom stereocenters. The molecular formula is C13H23N3. The van der Waals surface area contributed by atoms with Gasteiger partial charge < -0.3 is 4.90 Å². The largest absolute Gasteiger partial charge is 0.303 e. The maximum Gasteiger partial charge on any atom is 0.0267 e. The van der Waals surface area contributed by atoms with Gasteiger partial charge >= 0.3 is 0 Å². The Morgan fingerprint density at radius 3 is 1.88 bits per heavy atom. The molecule has 16 heavy (non-hydrogen) atoms. The molecule has 0 amide bonds. The molecule has 6 heterocycles. The van der Waals surface area contributed by atoms with E-state index in [0.29, 0.717) is 0 Å². The van der Waals surface area contributed by atoms with Crippen LogP contribution in [0.4, 0.5) is 0 Å². The van der Waals surface area contributed by atoms with Crippen LogP contribution in [-0.2, 0) is 0 Å². The molecule has 0 N–H and O–H groups in total. The number of piperidine rings is 3. The van der Waals surface area contributed by atoms with Gasteiger partial charge in [0.2, 0.25) is 0 Å². The van der Waals surface area contributed by atoms with Crippen LogP contribution in [-0.4, -0.2) is 73.1 Å². The molecule has 6 aliphatic rings. The molecule has 6 fully saturated rings. The Bertz CT molecular complexity index is 236. The second-order valence-corrected chi connectivity index (χ2v) is 6.21. The number of piperazine rings is 3. The van der Waals surface area contributed by atoms with Crippen LogP contribution < -0.4 is 0 Å². The van der Waals surface area contributed by atoms with Gasteiger partial charge in [0.05, 0.1) is 0 Å². The van der Waals surface area contributed by atoms with Crippen molar-refractivity contribution in [1.82, 2.24) is 14.7 Å². The summed E-state index contributed by atoms with van der Waals surface area (Å²) in [6, 6.07) is 0.899. The molecular weight excluding hydrogens is 198 g/mol. The first-order chi connectivity index (χ1) is 7.90. The summed E-state index contributed by atoms with van der Waals surface area (Å²) in [4.78, 5) is 8.21. The monoisotopic (exact) mass is 221 g/mol. The topological polar surface area (TPSA) is 9.72 Å². The SMILES string of the molecule is C1CN2CCC1C(C1CN3CCN1CC3)C2. The van der Waals surface area contributed by atoms with Crippen LogP contribution in [0.2, 0.25) is 0 Å². The third kappa shape index (κ3) is 1.45. The Morgan fingerprint density at radius 1 is 0.688 bits per heavy atom. The Morgan fingerprint density at radius 2 is 1.38 bits per heavy atom. The molecule has 0 aromatic carbocycles. The Hall–Kier alpha value is -0.120. The molecule has 0 aromatic heterocycles. The standard InChI is InChI=1S/C13H23N3/c1-3-14-4-2-11(1)12(9-14)13-10-15-5-7-16(13)8-6-15/h11-13H,1-10H2. The van der Waals surface area contributed by atoms with E-state index in [1.165, 1.54) is 65.2 Å². The van der Waals surface area contributed by atoms with Gasteiger partial charge in [-0.05, 0) is 37.8 Å². The van der Waals surface area contributed by atoms with Crippen molar-refractivity contribution in [3.63, 3.8) is 0 Å². The van der Waals surface area contributed by atoms with Crippen molar-refractivity contribution in [2.75, 3.05) is 52.4 Å². The third-order valence-corrected chi connectivity index (χ3v) is 5.52. The average Bonchev–Trinajstić information content (AvgIpc) is 2.41. The summed E-state index contributed by atoms with van der Waals surface area (Å²) >= 11 is 0. The molecule has 6 saturated heterocycles. The smallest absolute Gasteiger partial charge is 0.0267 e. The Balaban J connectivity index is 1.53. The fraction of sp³-hybridized carbons (Fsp3) is 1.00. The van der Waals surface area contributed by atoms with E-state index in [1.807, 2.05) is 0 Å². The summed E-state index contributed by atoms with van der Waals surface area (Å²) in [6.45, 7) is 10.9. The van der Waals surface area contributed by atoms with E-state index in [2.05, 4.69) is 14.7 Å². The van der Waals surface area contributed by atoms with Gasteiger partial charge in [-0.3, -0.25) is 9.80 Å². The van der Waals surface area contributed by atoms with E-state index in [-0.39, 0.29) is 0 Å². The molecule has 3 nitrogen and oxygen atoms in total. The average molecular weight is 221 g/mol. The summed E-state index contributed by atoms with van der Waals surface area (Å²) in [6.07, 6.45) is 2.96. The quantitative estimate of drug-likeness (QED) is 0.632. The number of hydrogen-bond acceptors (Lipinski definition) is 3. The minimum absolute atomic E-state index is 0.899. The number of fused-ring (bicyclic) bond motifs is 7. The normalized spacial score (nSPS) is 55.5. The van der Waals surface area contributed by atoms with Crippen LogP contribution >= 0.6 is 0 Å². The molecule has 0 aromatic rings. The summed E-state index contributed by atoms with van der Waals surface area (Å²) in [5.74, 6) is 2.04. The molecule has 90 valence electrons. The second-order valence-electron chi connectivity index (χ2n) is 6.21. The highest BCUT2D eigenvalue weighted by atomic mass is 15.3. The van der Waals surface area contributed by atoms with Gasteiger partial charge in [0.25, 0.3) is 0 Å². The van der Waals surface area contributed by atoms with Gasteiger partial charge in [-0.25, -0.2) is 0 Å². The minimum Gasteiger partial charge on any atom is -0.303 e. The first-order valence-corrected chi connectivity index (χ1v) is 7.09. The first kappa shape index (κ1) is 9.86. The lowest BCUT2D eigenvalue weighted by molar-refractivity contribution is -0.0645. The van der Waals surface area contributed by atoms with Crippen LogP contribution in [0.3, 0.4) is 0 Å². The molecule has 0 saturated carbocycles. The summed E-state index contributed by atoms with van der Waals surface area (Å²) < 4.78 is 0. The van der Waals surface area contributed by atoms with Crippen LogP contribution in [0, 0.1) is 11.8 Å². The van der Waals surface area contributed by atoms with Crippen LogP contribution in [0.5, 0.6) is 0 Å². The van der Waals surface area contributed by atoms with E-state index >= 15 is 0 Å². The number of nitrogens with zero attached hydrogens (tertiary/aromatic N) is 3. The molecule has 3 heteroatoms. The minimum atomic E-state index is 0.899. The maximum atomic E-state index is 2.80. The third-order valence-electron chi connectivity index (χ3n) is 5.52. The summed E-state index contributed by atoms with van der Waals surface area (Å²) in [5, 5.41) is 0. The van der Waals surface area contributed by atoms with Gasteiger partial charge in [0, 0.05) is 45.3 Å². The van der Waals surface area contributed by atoms with Crippen LogP contribution in [0.25, 0.3) is 0 Å². The van der Waals surface area contributed by atoms with Crippen molar-refractivity contribution in [3.8, 4) is 0 Å². The van der Waals surface area contributed by atoms with E-state index in [9.17, 15) is 0 Å². The Labute approximate surface area is 98.4 Å². The molecule has 6 aliphatic heterocycles. The summed E-state index contributed by atoms with van der Waals surface area (Å²) in [5.41, 5.74) is 0. The van der Waals surface area contributed by atoms with Crippen molar-refractivity contribution < 1.29 is 0 Å². The van der Waals surface area contributed by atoms with Crippen LogP contribution in [0.15, 0.2) is 0 Å².